The quantitative estimate of drug-likeness (QED) is 0.799. The van der Waals surface area contributed by atoms with E-state index in [1.54, 1.807) is 0 Å². The molecule has 0 aromatic rings. The Bertz CT molecular complexity index is 185. The maximum absolute atomic E-state index is 3.80. The molecule has 76 valence electrons. The van der Waals surface area contributed by atoms with E-state index >= 15 is 0 Å². The summed E-state index contributed by atoms with van der Waals surface area (Å²) in [5.74, 6) is 0. The van der Waals surface area contributed by atoms with Crippen LogP contribution in [0.15, 0.2) is 11.1 Å². The van der Waals surface area contributed by atoms with Crippen molar-refractivity contribution in [2.45, 2.75) is 24.8 Å². The molecule has 2 nitrogen and oxygen atoms in total. The van der Waals surface area contributed by atoms with E-state index in [0.29, 0.717) is 5.54 Å². The number of hydrogen-bond acceptors (Lipinski definition) is 2. The molecule has 0 radical (unpaired) electrons. The molecule has 0 atom stereocenters. The first-order valence-corrected chi connectivity index (χ1v) is 5.57. The van der Waals surface area contributed by atoms with Crippen LogP contribution in [0.2, 0.25) is 0 Å². The Balaban J connectivity index is 2.28. The van der Waals surface area contributed by atoms with Gasteiger partial charge in [-0.15, -0.1) is 0 Å². The van der Waals surface area contributed by atoms with Crippen LogP contribution in [0.25, 0.3) is 0 Å². The summed E-state index contributed by atoms with van der Waals surface area (Å²) in [7, 11) is 4.34. The Kier molecular flexibility index (Phi) is 3.95. The van der Waals surface area contributed by atoms with Crippen LogP contribution in [0.3, 0.4) is 0 Å². The largest absolute Gasteiger partial charge is 0.310 e. The molecule has 13 heavy (non-hydrogen) atoms. The predicted octanol–water partition coefficient (Wildman–Crippen LogP) is 1.97. The van der Waals surface area contributed by atoms with Gasteiger partial charge in [-0.3, -0.25) is 0 Å². The molecular formula is C10H19BrN2. The molecule has 1 rings (SSSR count). The van der Waals surface area contributed by atoms with E-state index in [0.717, 1.165) is 17.6 Å². The highest BCUT2D eigenvalue weighted by atomic mass is 79.9. The standard InChI is InChI=1S/C10H19BrN2/c1-9(11)7-12-8-10(13(2)3)5-4-6-10/h12H,1,4-8H2,2-3H3. The molecule has 1 aliphatic rings. The van der Waals surface area contributed by atoms with Crippen LogP contribution >= 0.6 is 15.9 Å². The van der Waals surface area contributed by atoms with Crippen molar-refractivity contribution in [2.75, 3.05) is 27.2 Å². The molecule has 0 spiro atoms. The minimum atomic E-state index is 0.419. The lowest BCUT2D eigenvalue weighted by atomic mass is 9.75. The van der Waals surface area contributed by atoms with E-state index in [1.807, 2.05) is 0 Å². The SMILES string of the molecule is C=C(Br)CNCC1(N(C)C)CCC1. The van der Waals surface area contributed by atoms with Crippen molar-refractivity contribution in [1.82, 2.24) is 10.2 Å². The molecule has 1 fully saturated rings. The van der Waals surface area contributed by atoms with Gasteiger partial charge in [0.25, 0.3) is 0 Å². The summed E-state index contributed by atoms with van der Waals surface area (Å²) in [6, 6.07) is 0. The van der Waals surface area contributed by atoms with Crippen LogP contribution in [0.1, 0.15) is 19.3 Å². The summed E-state index contributed by atoms with van der Waals surface area (Å²) in [4.78, 5) is 2.35. The fourth-order valence-electron chi connectivity index (χ4n) is 1.80. The van der Waals surface area contributed by atoms with Crippen LogP contribution in [0, 0.1) is 0 Å². The van der Waals surface area contributed by atoms with Crippen molar-refractivity contribution in [1.29, 1.82) is 0 Å². The molecule has 0 aromatic carbocycles. The van der Waals surface area contributed by atoms with Gasteiger partial charge in [-0.1, -0.05) is 22.5 Å². The zero-order chi connectivity index (χ0) is 9.90. The van der Waals surface area contributed by atoms with Gasteiger partial charge in [-0.05, 0) is 33.4 Å². The lowest BCUT2D eigenvalue weighted by Gasteiger charge is -2.47. The van der Waals surface area contributed by atoms with E-state index < -0.39 is 0 Å². The van der Waals surface area contributed by atoms with Gasteiger partial charge in [0.05, 0.1) is 0 Å². The zero-order valence-electron chi connectivity index (χ0n) is 8.57. The molecule has 1 aliphatic carbocycles. The molecule has 1 N–H and O–H groups in total. The smallest absolute Gasteiger partial charge is 0.0328 e. The summed E-state index contributed by atoms with van der Waals surface area (Å²) in [6.45, 7) is 5.75. The fourth-order valence-corrected chi connectivity index (χ4v) is 2.00. The lowest BCUT2D eigenvalue weighted by molar-refractivity contribution is 0.0611. The normalized spacial score (nSPS) is 20.0. The Morgan fingerprint density at radius 1 is 1.54 bits per heavy atom. The highest BCUT2D eigenvalue weighted by Crippen LogP contribution is 2.35. The Morgan fingerprint density at radius 2 is 2.15 bits per heavy atom. The number of hydrogen-bond donors (Lipinski definition) is 1. The lowest BCUT2D eigenvalue weighted by Crippen LogP contribution is -2.56. The average Bonchev–Trinajstić information content (AvgIpc) is 1.93. The van der Waals surface area contributed by atoms with E-state index in [1.165, 1.54) is 19.3 Å². The van der Waals surface area contributed by atoms with Crippen LogP contribution < -0.4 is 5.32 Å². The molecule has 0 aliphatic heterocycles. The highest BCUT2D eigenvalue weighted by Gasteiger charge is 2.38. The molecule has 0 heterocycles. The van der Waals surface area contributed by atoms with Gasteiger partial charge in [-0.2, -0.15) is 0 Å². The Labute approximate surface area is 89.5 Å². The van der Waals surface area contributed by atoms with Gasteiger partial charge in [0.2, 0.25) is 0 Å². The average molecular weight is 247 g/mol. The Hall–Kier alpha value is 0.140. The maximum Gasteiger partial charge on any atom is 0.0328 e. The molecule has 0 amide bonds. The van der Waals surface area contributed by atoms with Crippen molar-refractivity contribution in [2.24, 2.45) is 0 Å². The van der Waals surface area contributed by atoms with Crippen molar-refractivity contribution in [3.63, 3.8) is 0 Å². The van der Waals surface area contributed by atoms with Crippen molar-refractivity contribution in [3.8, 4) is 0 Å². The molecule has 0 unspecified atom stereocenters. The zero-order valence-corrected chi connectivity index (χ0v) is 10.2. The van der Waals surface area contributed by atoms with Gasteiger partial charge in [0.1, 0.15) is 0 Å². The second kappa shape index (κ2) is 4.58. The first kappa shape index (κ1) is 11.2. The third-order valence-corrected chi connectivity index (χ3v) is 3.28. The highest BCUT2D eigenvalue weighted by molar-refractivity contribution is 9.11. The molecular weight excluding hydrogens is 228 g/mol. The molecule has 0 bridgehead atoms. The first-order valence-electron chi connectivity index (χ1n) is 4.78. The molecule has 1 saturated carbocycles. The summed E-state index contributed by atoms with van der Waals surface area (Å²) >= 11 is 3.35. The second-order valence-corrected chi connectivity index (χ2v) is 5.21. The van der Waals surface area contributed by atoms with E-state index in [4.69, 9.17) is 0 Å². The Morgan fingerprint density at radius 3 is 2.46 bits per heavy atom. The van der Waals surface area contributed by atoms with Crippen LogP contribution in [0.4, 0.5) is 0 Å². The summed E-state index contributed by atoms with van der Waals surface area (Å²) in [6.07, 6.45) is 4.01. The topological polar surface area (TPSA) is 15.3 Å². The van der Waals surface area contributed by atoms with Crippen LogP contribution in [0.5, 0.6) is 0 Å². The third kappa shape index (κ3) is 2.79. The maximum atomic E-state index is 3.80. The summed E-state index contributed by atoms with van der Waals surface area (Å²) in [5, 5.41) is 3.42. The number of halogens is 1. The fraction of sp³-hybridized carbons (Fsp3) is 0.800. The summed E-state index contributed by atoms with van der Waals surface area (Å²) in [5.41, 5.74) is 0.419. The number of likely N-dealkylation sites (N-methyl/N-ethyl adjacent to an activating group) is 1. The molecule has 0 aromatic heterocycles. The van der Waals surface area contributed by atoms with Gasteiger partial charge < -0.3 is 10.2 Å². The van der Waals surface area contributed by atoms with Crippen LogP contribution in [-0.2, 0) is 0 Å². The van der Waals surface area contributed by atoms with Gasteiger partial charge in [-0.25, -0.2) is 0 Å². The van der Waals surface area contributed by atoms with E-state index in [-0.39, 0.29) is 0 Å². The predicted molar refractivity (Wildman–Crippen MR) is 61.2 cm³/mol. The number of nitrogens with one attached hydrogen (secondary N) is 1. The molecule has 0 saturated heterocycles. The van der Waals surface area contributed by atoms with E-state index in [9.17, 15) is 0 Å². The van der Waals surface area contributed by atoms with Crippen molar-refractivity contribution in [3.05, 3.63) is 11.1 Å². The second-order valence-electron chi connectivity index (χ2n) is 4.09. The summed E-state index contributed by atoms with van der Waals surface area (Å²) < 4.78 is 1.03. The van der Waals surface area contributed by atoms with E-state index in [2.05, 4.69) is 46.8 Å². The van der Waals surface area contributed by atoms with Crippen molar-refractivity contribution < 1.29 is 0 Å². The number of nitrogens with zero attached hydrogens (tertiary/aromatic N) is 1. The number of rotatable bonds is 5. The van der Waals surface area contributed by atoms with Crippen LogP contribution in [-0.4, -0.2) is 37.6 Å². The minimum Gasteiger partial charge on any atom is -0.310 e. The van der Waals surface area contributed by atoms with Gasteiger partial charge in [0, 0.05) is 23.1 Å². The first-order chi connectivity index (χ1) is 6.07. The minimum absolute atomic E-state index is 0.419. The monoisotopic (exact) mass is 246 g/mol. The van der Waals surface area contributed by atoms with Crippen molar-refractivity contribution >= 4 is 15.9 Å². The molecule has 3 heteroatoms. The third-order valence-electron chi connectivity index (χ3n) is 3.00. The van der Waals surface area contributed by atoms with Gasteiger partial charge in [0.15, 0.2) is 0 Å². The van der Waals surface area contributed by atoms with Gasteiger partial charge >= 0.3 is 0 Å².